The number of benzene rings is 2. The average molecular weight is 272 g/mol. The zero-order valence-corrected chi connectivity index (χ0v) is 10.9. The lowest BCUT2D eigenvalue weighted by Gasteiger charge is -2.11. The first-order valence-electron chi connectivity index (χ1n) is 6.21. The van der Waals surface area contributed by atoms with Gasteiger partial charge in [0.05, 0.1) is 5.56 Å². The minimum Gasteiger partial charge on any atom is -0.492 e. The highest BCUT2D eigenvalue weighted by Crippen LogP contribution is 2.18. The van der Waals surface area contributed by atoms with Gasteiger partial charge in [-0.1, -0.05) is 18.2 Å². The highest BCUT2D eigenvalue weighted by molar-refractivity contribution is 5.95. The number of nitrogen functional groups attached to an aromatic ring is 1. The lowest BCUT2D eigenvalue weighted by molar-refractivity contribution is 0.0698. The molecule has 0 aromatic heterocycles. The Morgan fingerprint density at radius 3 is 2.65 bits per heavy atom. The first-order valence-corrected chi connectivity index (χ1v) is 6.21. The quantitative estimate of drug-likeness (QED) is 0.555. The van der Waals surface area contributed by atoms with Gasteiger partial charge in [-0.25, -0.2) is 4.79 Å². The summed E-state index contributed by atoms with van der Waals surface area (Å²) in [5.41, 5.74) is 6.69. The normalized spacial score (nSPS) is 10.0. The molecular formula is C15H16N2O3. The predicted molar refractivity (Wildman–Crippen MR) is 78.2 cm³/mol. The van der Waals surface area contributed by atoms with Crippen LogP contribution in [0, 0.1) is 0 Å². The van der Waals surface area contributed by atoms with Crippen LogP contribution in [0.4, 0.5) is 11.4 Å². The Hall–Kier alpha value is -2.69. The zero-order chi connectivity index (χ0) is 14.4. The average Bonchev–Trinajstić information content (AvgIpc) is 2.45. The van der Waals surface area contributed by atoms with Crippen LogP contribution in [-0.4, -0.2) is 24.2 Å². The minimum atomic E-state index is -1.01. The maximum absolute atomic E-state index is 11.1. The number of ether oxygens (including phenoxy) is 1. The van der Waals surface area contributed by atoms with E-state index in [2.05, 4.69) is 5.32 Å². The molecule has 5 nitrogen and oxygen atoms in total. The van der Waals surface area contributed by atoms with Crippen LogP contribution in [0.5, 0.6) is 5.75 Å². The molecule has 104 valence electrons. The first-order chi connectivity index (χ1) is 9.66. The van der Waals surface area contributed by atoms with Crippen molar-refractivity contribution in [1.82, 2.24) is 0 Å². The van der Waals surface area contributed by atoms with E-state index < -0.39 is 5.97 Å². The van der Waals surface area contributed by atoms with Gasteiger partial charge in [-0.05, 0) is 30.3 Å². The van der Waals surface area contributed by atoms with E-state index in [-0.39, 0.29) is 5.56 Å². The molecule has 0 saturated carbocycles. The second kappa shape index (κ2) is 6.47. The van der Waals surface area contributed by atoms with Crippen molar-refractivity contribution in [3.63, 3.8) is 0 Å². The molecule has 0 unspecified atom stereocenters. The molecule has 0 saturated heterocycles. The van der Waals surface area contributed by atoms with Crippen LogP contribution in [0.3, 0.4) is 0 Å². The molecule has 0 bridgehead atoms. The van der Waals surface area contributed by atoms with Crippen LogP contribution in [0.2, 0.25) is 0 Å². The number of carboxylic acids is 1. The molecule has 0 heterocycles. The van der Waals surface area contributed by atoms with Crippen molar-refractivity contribution in [1.29, 1.82) is 0 Å². The fourth-order valence-electron chi connectivity index (χ4n) is 1.76. The van der Waals surface area contributed by atoms with Crippen LogP contribution in [0.25, 0.3) is 0 Å². The van der Waals surface area contributed by atoms with Gasteiger partial charge in [-0.2, -0.15) is 0 Å². The molecule has 20 heavy (non-hydrogen) atoms. The Morgan fingerprint density at radius 2 is 1.95 bits per heavy atom. The summed E-state index contributed by atoms with van der Waals surface area (Å²) >= 11 is 0. The molecule has 0 aliphatic heterocycles. The summed E-state index contributed by atoms with van der Waals surface area (Å²) in [7, 11) is 0. The van der Waals surface area contributed by atoms with E-state index in [0.29, 0.717) is 24.5 Å². The number of hydrogen-bond donors (Lipinski definition) is 3. The third-order valence-corrected chi connectivity index (χ3v) is 2.70. The summed E-state index contributed by atoms with van der Waals surface area (Å²) in [6, 6.07) is 14.2. The van der Waals surface area contributed by atoms with E-state index >= 15 is 0 Å². The van der Waals surface area contributed by atoms with E-state index in [4.69, 9.17) is 15.6 Å². The molecule has 2 aromatic rings. The van der Waals surface area contributed by atoms with Crippen molar-refractivity contribution >= 4 is 17.3 Å². The van der Waals surface area contributed by atoms with Crippen LogP contribution in [0.15, 0.2) is 48.5 Å². The molecule has 2 rings (SSSR count). The molecule has 0 aliphatic rings. The standard InChI is InChI=1S/C15H16N2O3/c16-11-6-7-14(13(10-11)15(18)19)17-8-9-20-12-4-2-1-3-5-12/h1-7,10,17H,8-9,16H2,(H,18,19). The monoisotopic (exact) mass is 272 g/mol. The summed E-state index contributed by atoms with van der Waals surface area (Å²) < 4.78 is 5.52. The van der Waals surface area contributed by atoms with Crippen LogP contribution >= 0.6 is 0 Å². The van der Waals surface area contributed by atoms with E-state index in [9.17, 15) is 4.79 Å². The number of carboxylic acid groups (broad SMARTS) is 1. The lowest BCUT2D eigenvalue weighted by atomic mass is 10.1. The SMILES string of the molecule is Nc1ccc(NCCOc2ccccc2)c(C(=O)O)c1. The number of hydrogen-bond acceptors (Lipinski definition) is 4. The van der Waals surface area contributed by atoms with E-state index in [1.54, 1.807) is 12.1 Å². The van der Waals surface area contributed by atoms with Crippen LogP contribution < -0.4 is 15.8 Å². The van der Waals surface area contributed by atoms with Crippen molar-refractivity contribution in [3.8, 4) is 5.75 Å². The van der Waals surface area contributed by atoms with Gasteiger partial charge in [-0.15, -0.1) is 0 Å². The third kappa shape index (κ3) is 3.65. The van der Waals surface area contributed by atoms with Crippen molar-refractivity contribution in [2.45, 2.75) is 0 Å². The second-order valence-corrected chi connectivity index (χ2v) is 4.20. The number of para-hydroxylation sites is 1. The summed E-state index contributed by atoms with van der Waals surface area (Å²) in [5.74, 6) is -0.228. The Morgan fingerprint density at radius 1 is 1.20 bits per heavy atom. The first kappa shape index (κ1) is 13.7. The van der Waals surface area contributed by atoms with Crippen molar-refractivity contribution < 1.29 is 14.6 Å². The molecule has 0 amide bonds. The number of aromatic carboxylic acids is 1. The Kier molecular flexibility index (Phi) is 4.44. The number of carbonyl (C=O) groups is 1. The Labute approximate surface area is 117 Å². The predicted octanol–water partition coefficient (Wildman–Crippen LogP) is 2.46. The maximum Gasteiger partial charge on any atom is 0.337 e. The summed E-state index contributed by atoms with van der Waals surface area (Å²) in [4.78, 5) is 11.1. The van der Waals surface area contributed by atoms with Gasteiger partial charge in [0.1, 0.15) is 12.4 Å². The van der Waals surface area contributed by atoms with Crippen molar-refractivity contribution in [3.05, 3.63) is 54.1 Å². The van der Waals surface area contributed by atoms with Gasteiger partial charge < -0.3 is 20.9 Å². The number of nitrogens with two attached hydrogens (primary N) is 1. The second-order valence-electron chi connectivity index (χ2n) is 4.20. The van der Waals surface area contributed by atoms with E-state index in [1.807, 2.05) is 30.3 Å². The van der Waals surface area contributed by atoms with Gasteiger partial charge in [0.25, 0.3) is 0 Å². The smallest absolute Gasteiger partial charge is 0.337 e. The van der Waals surface area contributed by atoms with Crippen molar-refractivity contribution in [2.75, 3.05) is 24.2 Å². The zero-order valence-electron chi connectivity index (χ0n) is 10.9. The summed E-state index contributed by atoms with van der Waals surface area (Å²) in [5, 5.41) is 12.1. The third-order valence-electron chi connectivity index (χ3n) is 2.70. The Balaban J connectivity index is 1.90. The minimum absolute atomic E-state index is 0.157. The molecule has 0 fully saturated rings. The Bertz CT molecular complexity index is 585. The van der Waals surface area contributed by atoms with E-state index in [0.717, 1.165) is 5.75 Å². The van der Waals surface area contributed by atoms with Crippen LogP contribution in [-0.2, 0) is 0 Å². The lowest BCUT2D eigenvalue weighted by Crippen LogP contribution is -2.14. The molecule has 0 atom stereocenters. The highest BCUT2D eigenvalue weighted by Gasteiger charge is 2.09. The topological polar surface area (TPSA) is 84.6 Å². The summed E-state index contributed by atoms with van der Waals surface area (Å²) in [6.45, 7) is 0.937. The molecule has 0 aliphatic carbocycles. The van der Waals surface area contributed by atoms with Gasteiger partial charge in [0, 0.05) is 17.9 Å². The largest absolute Gasteiger partial charge is 0.492 e. The van der Waals surface area contributed by atoms with Gasteiger partial charge in [-0.3, -0.25) is 0 Å². The fraction of sp³-hybridized carbons (Fsp3) is 0.133. The van der Waals surface area contributed by atoms with Gasteiger partial charge in [0.2, 0.25) is 0 Å². The summed E-state index contributed by atoms with van der Waals surface area (Å²) in [6.07, 6.45) is 0. The molecule has 0 spiro atoms. The molecule has 4 N–H and O–H groups in total. The van der Waals surface area contributed by atoms with E-state index in [1.165, 1.54) is 6.07 Å². The molecule has 2 aromatic carbocycles. The molecular weight excluding hydrogens is 256 g/mol. The maximum atomic E-state index is 11.1. The molecule has 0 radical (unpaired) electrons. The highest BCUT2D eigenvalue weighted by atomic mass is 16.5. The van der Waals surface area contributed by atoms with Crippen LogP contribution in [0.1, 0.15) is 10.4 Å². The fourth-order valence-corrected chi connectivity index (χ4v) is 1.76. The number of rotatable bonds is 6. The van der Waals surface area contributed by atoms with Gasteiger partial charge >= 0.3 is 5.97 Å². The number of nitrogens with one attached hydrogen (secondary N) is 1. The van der Waals surface area contributed by atoms with Gasteiger partial charge in [0.15, 0.2) is 0 Å². The number of anilines is 2. The van der Waals surface area contributed by atoms with Crippen molar-refractivity contribution in [2.24, 2.45) is 0 Å². The molecule has 5 heteroatoms.